The summed E-state index contributed by atoms with van der Waals surface area (Å²) in [6, 6.07) is 7.41. The summed E-state index contributed by atoms with van der Waals surface area (Å²) < 4.78 is 1.89. The predicted molar refractivity (Wildman–Crippen MR) is 119 cm³/mol. The van der Waals surface area contributed by atoms with Crippen LogP contribution in [-0.2, 0) is 17.9 Å². The van der Waals surface area contributed by atoms with Gasteiger partial charge < -0.3 is 15.2 Å². The number of anilines is 1. The number of rotatable bonds is 8. The summed E-state index contributed by atoms with van der Waals surface area (Å²) in [4.78, 5) is 30.0. The molecule has 0 aliphatic heterocycles. The number of thiazole rings is 1. The van der Waals surface area contributed by atoms with Crippen molar-refractivity contribution in [1.82, 2.24) is 25.1 Å². The van der Waals surface area contributed by atoms with Crippen LogP contribution in [0.5, 0.6) is 0 Å². The Kier molecular flexibility index (Phi) is 7.22. The van der Waals surface area contributed by atoms with E-state index in [1.807, 2.05) is 50.5 Å². The van der Waals surface area contributed by atoms with Crippen LogP contribution < -0.4 is 10.6 Å². The zero-order valence-corrected chi connectivity index (χ0v) is 19.0. The molecule has 2 amide bonds. The topological polar surface area (TPSA) is 102 Å². The minimum absolute atomic E-state index is 0.145. The lowest BCUT2D eigenvalue weighted by atomic mass is 10.1. The van der Waals surface area contributed by atoms with Crippen LogP contribution >= 0.6 is 23.1 Å². The van der Waals surface area contributed by atoms with Gasteiger partial charge in [-0.25, -0.2) is 4.98 Å². The maximum Gasteiger partial charge on any atom is 0.251 e. The quantitative estimate of drug-likeness (QED) is 0.517. The van der Waals surface area contributed by atoms with Crippen LogP contribution in [0.15, 0.2) is 29.4 Å². The van der Waals surface area contributed by atoms with Gasteiger partial charge in [0, 0.05) is 17.0 Å². The number of nitrogens with zero attached hydrogens (tertiary/aromatic N) is 4. The molecule has 0 bridgehead atoms. The molecule has 2 heterocycles. The van der Waals surface area contributed by atoms with E-state index >= 15 is 0 Å². The fourth-order valence-corrected chi connectivity index (χ4v) is 4.39. The molecule has 10 heteroatoms. The lowest BCUT2D eigenvalue weighted by Crippen LogP contribution is -2.25. The lowest BCUT2D eigenvalue weighted by molar-refractivity contribution is -0.113. The molecule has 3 rings (SSSR count). The Morgan fingerprint density at radius 2 is 2.00 bits per heavy atom. The van der Waals surface area contributed by atoms with Crippen molar-refractivity contribution in [2.75, 3.05) is 11.1 Å². The molecular formula is C20H24N6O2S2. The van der Waals surface area contributed by atoms with Gasteiger partial charge in [0.15, 0.2) is 16.1 Å². The van der Waals surface area contributed by atoms with Crippen LogP contribution in [0.3, 0.4) is 0 Å². The van der Waals surface area contributed by atoms with E-state index in [1.165, 1.54) is 23.1 Å². The Labute approximate surface area is 183 Å². The average Bonchev–Trinajstić information content (AvgIpc) is 3.26. The van der Waals surface area contributed by atoms with Crippen LogP contribution in [0.2, 0.25) is 0 Å². The number of benzene rings is 1. The molecule has 30 heavy (non-hydrogen) atoms. The van der Waals surface area contributed by atoms with E-state index in [2.05, 4.69) is 25.8 Å². The van der Waals surface area contributed by atoms with Gasteiger partial charge in [0.2, 0.25) is 5.91 Å². The minimum atomic E-state index is -0.160. The number of aryl methyl sites for hydroxylation is 3. The lowest BCUT2D eigenvalue weighted by Gasteiger charge is -2.09. The first-order chi connectivity index (χ1) is 14.4. The Morgan fingerprint density at radius 3 is 2.67 bits per heavy atom. The van der Waals surface area contributed by atoms with Crippen LogP contribution in [0.4, 0.5) is 5.13 Å². The van der Waals surface area contributed by atoms with Gasteiger partial charge in [-0.2, -0.15) is 0 Å². The summed E-state index contributed by atoms with van der Waals surface area (Å²) in [5.41, 5.74) is 2.56. The van der Waals surface area contributed by atoms with Crippen molar-refractivity contribution in [3.8, 4) is 0 Å². The maximum atomic E-state index is 12.4. The molecule has 0 aliphatic carbocycles. The van der Waals surface area contributed by atoms with Crippen molar-refractivity contribution in [1.29, 1.82) is 0 Å². The Hall–Kier alpha value is -2.72. The number of carbonyl (C=O) groups is 2. The summed E-state index contributed by atoms with van der Waals surface area (Å²) >= 11 is 2.76. The van der Waals surface area contributed by atoms with Crippen molar-refractivity contribution < 1.29 is 9.59 Å². The molecule has 0 atom stereocenters. The Morgan fingerprint density at radius 1 is 1.20 bits per heavy atom. The van der Waals surface area contributed by atoms with Crippen molar-refractivity contribution in [2.24, 2.45) is 0 Å². The highest BCUT2D eigenvalue weighted by Gasteiger charge is 2.15. The molecule has 0 spiro atoms. The molecule has 158 valence electrons. The van der Waals surface area contributed by atoms with Gasteiger partial charge in [0.25, 0.3) is 5.91 Å². The standard InChI is InChI=1S/C20H24N6O2S2/c1-5-26-16(10-21-18(28)15-8-6-7-12(2)9-15)24-25-20(26)29-11-17(27)23-19-22-13(3)14(4)30-19/h6-9H,5,10-11H2,1-4H3,(H,21,28)(H,22,23,27). The van der Waals surface area contributed by atoms with E-state index in [-0.39, 0.29) is 24.1 Å². The summed E-state index contributed by atoms with van der Waals surface area (Å²) in [5.74, 6) is 0.541. The summed E-state index contributed by atoms with van der Waals surface area (Å²) in [6.45, 7) is 8.70. The van der Waals surface area contributed by atoms with Crippen molar-refractivity contribution >= 4 is 40.0 Å². The third-order valence-corrected chi connectivity index (χ3v) is 6.36. The predicted octanol–water partition coefficient (Wildman–Crippen LogP) is 3.34. The number of hydrogen-bond donors (Lipinski definition) is 2. The number of aromatic nitrogens is 4. The maximum absolute atomic E-state index is 12.4. The van der Waals surface area contributed by atoms with E-state index in [0.717, 1.165) is 16.1 Å². The van der Waals surface area contributed by atoms with E-state index in [9.17, 15) is 9.59 Å². The largest absolute Gasteiger partial charge is 0.345 e. The van der Waals surface area contributed by atoms with E-state index in [0.29, 0.717) is 28.2 Å². The second kappa shape index (κ2) is 9.86. The monoisotopic (exact) mass is 444 g/mol. The van der Waals surface area contributed by atoms with Gasteiger partial charge >= 0.3 is 0 Å². The van der Waals surface area contributed by atoms with Gasteiger partial charge in [-0.15, -0.1) is 21.5 Å². The summed E-state index contributed by atoms with van der Waals surface area (Å²) in [7, 11) is 0. The highest BCUT2D eigenvalue weighted by molar-refractivity contribution is 7.99. The van der Waals surface area contributed by atoms with Crippen LogP contribution in [0, 0.1) is 20.8 Å². The fourth-order valence-electron chi connectivity index (χ4n) is 2.73. The number of nitrogens with one attached hydrogen (secondary N) is 2. The minimum Gasteiger partial charge on any atom is -0.345 e. The second-order valence-electron chi connectivity index (χ2n) is 6.69. The first-order valence-corrected chi connectivity index (χ1v) is 11.3. The molecule has 0 aliphatic rings. The van der Waals surface area contributed by atoms with E-state index < -0.39 is 0 Å². The molecule has 0 saturated heterocycles. The zero-order valence-electron chi connectivity index (χ0n) is 17.4. The van der Waals surface area contributed by atoms with Gasteiger partial charge in [-0.1, -0.05) is 29.5 Å². The molecule has 3 aromatic rings. The Balaban J connectivity index is 1.57. The normalized spacial score (nSPS) is 10.8. The first kappa shape index (κ1) is 22.0. The van der Waals surface area contributed by atoms with Crippen LogP contribution in [0.1, 0.15) is 39.2 Å². The first-order valence-electron chi connectivity index (χ1n) is 9.51. The summed E-state index contributed by atoms with van der Waals surface area (Å²) in [6.07, 6.45) is 0. The van der Waals surface area contributed by atoms with E-state index in [1.54, 1.807) is 6.07 Å². The molecule has 2 aromatic heterocycles. The highest BCUT2D eigenvalue weighted by atomic mass is 32.2. The zero-order chi connectivity index (χ0) is 21.7. The number of amides is 2. The number of thioether (sulfide) groups is 1. The molecule has 0 radical (unpaired) electrons. The molecule has 8 nitrogen and oxygen atoms in total. The molecule has 0 saturated carbocycles. The van der Waals surface area contributed by atoms with Gasteiger partial charge in [0.05, 0.1) is 18.0 Å². The summed E-state index contributed by atoms with van der Waals surface area (Å²) in [5, 5.41) is 15.3. The van der Waals surface area contributed by atoms with Crippen LogP contribution in [0.25, 0.3) is 0 Å². The van der Waals surface area contributed by atoms with Crippen molar-refractivity contribution in [3.63, 3.8) is 0 Å². The van der Waals surface area contributed by atoms with E-state index in [4.69, 9.17) is 0 Å². The van der Waals surface area contributed by atoms with Crippen molar-refractivity contribution in [3.05, 3.63) is 51.8 Å². The number of carbonyl (C=O) groups excluding carboxylic acids is 2. The molecular weight excluding hydrogens is 420 g/mol. The van der Waals surface area contributed by atoms with Crippen molar-refractivity contribution in [2.45, 2.75) is 45.9 Å². The molecule has 2 N–H and O–H groups in total. The van der Waals surface area contributed by atoms with Gasteiger partial charge in [-0.3, -0.25) is 9.59 Å². The third-order valence-electron chi connectivity index (χ3n) is 4.40. The number of hydrogen-bond acceptors (Lipinski definition) is 7. The highest BCUT2D eigenvalue weighted by Crippen LogP contribution is 2.22. The van der Waals surface area contributed by atoms with Gasteiger partial charge in [0.1, 0.15) is 0 Å². The molecule has 0 unspecified atom stereocenters. The molecule has 0 fully saturated rings. The molecule has 1 aromatic carbocycles. The average molecular weight is 445 g/mol. The van der Waals surface area contributed by atoms with Crippen LogP contribution in [-0.4, -0.2) is 37.3 Å². The fraction of sp³-hybridized carbons (Fsp3) is 0.350. The SMILES string of the molecule is CCn1c(CNC(=O)c2cccc(C)c2)nnc1SCC(=O)Nc1nc(C)c(C)s1. The third kappa shape index (κ3) is 5.45. The second-order valence-corrected chi connectivity index (χ2v) is 8.84. The van der Waals surface area contributed by atoms with Gasteiger partial charge in [-0.05, 0) is 39.8 Å². The smallest absolute Gasteiger partial charge is 0.251 e. The Bertz CT molecular complexity index is 1040.